The first-order valence-electron chi connectivity index (χ1n) is 5.11. The fourth-order valence-electron chi connectivity index (χ4n) is 1.79. The van der Waals surface area contributed by atoms with Crippen molar-refractivity contribution in [2.24, 2.45) is 5.73 Å². The quantitative estimate of drug-likeness (QED) is 0.771. The number of H-pyrrole nitrogens is 1. The maximum absolute atomic E-state index is 11.2. The minimum atomic E-state index is -0.338. The molecular formula is C12H14N2O2. The highest BCUT2D eigenvalue weighted by molar-refractivity contribution is 5.83. The maximum Gasteiger partial charge on any atom is 0.307 e. The van der Waals surface area contributed by atoms with Crippen LogP contribution in [-0.4, -0.2) is 18.1 Å². The Morgan fingerprint density at radius 2 is 2.31 bits per heavy atom. The van der Waals surface area contributed by atoms with Gasteiger partial charge in [-0.2, -0.15) is 0 Å². The molecule has 4 heteroatoms. The maximum atomic E-state index is 11.2. The van der Waals surface area contributed by atoms with Gasteiger partial charge < -0.3 is 15.5 Å². The lowest BCUT2D eigenvalue weighted by Crippen LogP contribution is -2.16. The molecule has 0 unspecified atom stereocenters. The molecule has 3 N–H and O–H groups in total. The molecule has 1 atom stereocenters. The van der Waals surface area contributed by atoms with E-state index in [-0.39, 0.29) is 18.4 Å². The van der Waals surface area contributed by atoms with Gasteiger partial charge in [-0.3, -0.25) is 4.79 Å². The van der Waals surface area contributed by atoms with Gasteiger partial charge in [0.1, 0.15) is 0 Å². The van der Waals surface area contributed by atoms with Crippen LogP contribution in [0.5, 0.6) is 0 Å². The number of carbonyl (C=O) groups is 1. The van der Waals surface area contributed by atoms with E-state index in [1.165, 1.54) is 7.11 Å². The second-order valence-corrected chi connectivity index (χ2v) is 3.68. The number of ether oxygens (including phenoxy) is 1. The van der Waals surface area contributed by atoms with Crippen molar-refractivity contribution < 1.29 is 9.53 Å². The van der Waals surface area contributed by atoms with Crippen LogP contribution in [0.3, 0.4) is 0 Å². The molecule has 0 aliphatic carbocycles. The van der Waals surface area contributed by atoms with Crippen molar-refractivity contribution >= 4 is 16.9 Å². The predicted molar refractivity (Wildman–Crippen MR) is 61.9 cm³/mol. The van der Waals surface area contributed by atoms with E-state index >= 15 is 0 Å². The number of hydrogen-bond donors (Lipinski definition) is 2. The Morgan fingerprint density at radius 3 is 3.06 bits per heavy atom. The van der Waals surface area contributed by atoms with E-state index in [4.69, 9.17) is 5.73 Å². The first-order chi connectivity index (χ1) is 7.72. The molecule has 0 spiro atoms. The highest BCUT2D eigenvalue weighted by Gasteiger charge is 2.14. The summed E-state index contributed by atoms with van der Waals surface area (Å²) in [4.78, 5) is 14.3. The number of carbonyl (C=O) groups excluding carboxylic acids is 1. The van der Waals surface area contributed by atoms with Gasteiger partial charge in [-0.05, 0) is 17.0 Å². The Hall–Kier alpha value is -1.81. The molecule has 0 radical (unpaired) electrons. The van der Waals surface area contributed by atoms with Crippen LogP contribution in [0, 0.1) is 0 Å². The van der Waals surface area contributed by atoms with Gasteiger partial charge in [-0.15, -0.1) is 0 Å². The molecule has 0 fully saturated rings. The third-order valence-corrected chi connectivity index (χ3v) is 2.63. The van der Waals surface area contributed by atoms with Crippen LogP contribution in [0.25, 0.3) is 10.9 Å². The zero-order chi connectivity index (χ0) is 11.5. The largest absolute Gasteiger partial charge is 0.469 e. The minimum absolute atomic E-state index is 0.189. The van der Waals surface area contributed by atoms with Crippen LogP contribution < -0.4 is 5.73 Å². The number of hydrogen-bond acceptors (Lipinski definition) is 3. The second kappa shape index (κ2) is 4.37. The van der Waals surface area contributed by atoms with Gasteiger partial charge in [0.15, 0.2) is 0 Å². The lowest BCUT2D eigenvalue weighted by Gasteiger charge is -2.11. The van der Waals surface area contributed by atoms with Crippen molar-refractivity contribution in [3.05, 3.63) is 36.0 Å². The number of nitrogens with two attached hydrogens (primary N) is 1. The summed E-state index contributed by atoms with van der Waals surface area (Å²) in [7, 11) is 1.37. The Balaban J connectivity index is 2.32. The van der Waals surface area contributed by atoms with E-state index in [0.29, 0.717) is 0 Å². The molecule has 0 aliphatic heterocycles. The minimum Gasteiger partial charge on any atom is -0.469 e. The summed E-state index contributed by atoms with van der Waals surface area (Å²) in [5.74, 6) is -0.295. The van der Waals surface area contributed by atoms with Gasteiger partial charge in [-0.25, -0.2) is 0 Å². The molecule has 2 rings (SSSR count). The number of fused-ring (bicyclic) bond motifs is 1. The first-order valence-corrected chi connectivity index (χ1v) is 5.11. The summed E-state index contributed by atoms with van der Waals surface area (Å²) >= 11 is 0. The van der Waals surface area contributed by atoms with E-state index in [9.17, 15) is 4.79 Å². The predicted octanol–water partition coefficient (Wildman–Crippen LogP) is 1.73. The molecule has 4 nitrogen and oxygen atoms in total. The SMILES string of the molecule is COC(=O)C[C@@H](N)c1cccc2cc[nH]c12. The number of rotatable bonds is 3. The zero-order valence-corrected chi connectivity index (χ0v) is 9.07. The molecule has 0 aliphatic rings. The van der Waals surface area contributed by atoms with Gasteiger partial charge in [-0.1, -0.05) is 18.2 Å². The second-order valence-electron chi connectivity index (χ2n) is 3.68. The van der Waals surface area contributed by atoms with Gasteiger partial charge >= 0.3 is 5.97 Å². The summed E-state index contributed by atoms with van der Waals surface area (Å²) in [6.45, 7) is 0. The molecule has 84 valence electrons. The molecule has 1 heterocycles. The number of aromatic amines is 1. The number of methoxy groups -OCH3 is 1. The summed E-state index contributed by atoms with van der Waals surface area (Å²) in [5.41, 5.74) is 7.90. The normalized spacial score (nSPS) is 12.6. The number of esters is 1. The lowest BCUT2D eigenvalue weighted by molar-refractivity contribution is -0.141. The van der Waals surface area contributed by atoms with Crippen LogP contribution in [0.4, 0.5) is 0 Å². The first kappa shape index (κ1) is 10.7. The summed E-state index contributed by atoms with van der Waals surface area (Å²) in [6.07, 6.45) is 2.05. The molecule has 0 amide bonds. The standard InChI is InChI=1S/C12H14N2O2/c1-16-11(15)7-10(13)9-4-2-3-8-5-6-14-12(8)9/h2-6,10,14H,7,13H2,1H3/t10-/m1/s1. The van der Waals surface area contributed by atoms with E-state index < -0.39 is 0 Å². The Morgan fingerprint density at radius 1 is 1.50 bits per heavy atom. The van der Waals surface area contributed by atoms with Crippen LogP contribution in [0.1, 0.15) is 18.0 Å². The van der Waals surface area contributed by atoms with E-state index in [1.807, 2.05) is 30.5 Å². The zero-order valence-electron chi connectivity index (χ0n) is 9.07. The van der Waals surface area contributed by atoms with Crippen molar-refractivity contribution in [2.45, 2.75) is 12.5 Å². The van der Waals surface area contributed by atoms with Crippen molar-refractivity contribution in [3.8, 4) is 0 Å². The van der Waals surface area contributed by atoms with Crippen LogP contribution >= 0.6 is 0 Å². The third kappa shape index (κ3) is 1.92. The lowest BCUT2D eigenvalue weighted by atomic mass is 10.0. The Labute approximate surface area is 93.4 Å². The van der Waals surface area contributed by atoms with Crippen molar-refractivity contribution in [2.75, 3.05) is 7.11 Å². The Bertz CT molecular complexity index is 504. The highest BCUT2D eigenvalue weighted by Crippen LogP contribution is 2.23. The summed E-state index contributed by atoms with van der Waals surface area (Å²) in [5, 5.41) is 1.10. The monoisotopic (exact) mass is 218 g/mol. The van der Waals surface area contributed by atoms with Crippen molar-refractivity contribution in [3.63, 3.8) is 0 Å². The van der Waals surface area contributed by atoms with Gasteiger partial charge in [0.25, 0.3) is 0 Å². The molecular weight excluding hydrogens is 204 g/mol. The van der Waals surface area contributed by atoms with Crippen molar-refractivity contribution in [1.82, 2.24) is 4.98 Å². The summed E-state index contributed by atoms with van der Waals surface area (Å²) in [6, 6.07) is 7.49. The van der Waals surface area contributed by atoms with Crippen LogP contribution in [-0.2, 0) is 9.53 Å². The number of para-hydroxylation sites is 1. The van der Waals surface area contributed by atoms with E-state index in [1.54, 1.807) is 0 Å². The average Bonchev–Trinajstić information content (AvgIpc) is 2.76. The van der Waals surface area contributed by atoms with Gasteiger partial charge in [0.2, 0.25) is 0 Å². The van der Waals surface area contributed by atoms with Gasteiger partial charge in [0, 0.05) is 12.2 Å². The molecule has 1 aromatic heterocycles. The molecule has 16 heavy (non-hydrogen) atoms. The van der Waals surface area contributed by atoms with Gasteiger partial charge in [0.05, 0.1) is 19.0 Å². The topological polar surface area (TPSA) is 68.1 Å². The van der Waals surface area contributed by atoms with E-state index in [0.717, 1.165) is 16.5 Å². The van der Waals surface area contributed by atoms with Crippen LogP contribution in [0.15, 0.2) is 30.5 Å². The van der Waals surface area contributed by atoms with Crippen LogP contribution in [0.2, 0.25) is 0 Å². The van der Waals surface area contributed by atoms with E-state index in [2.05, 4.69) is 9.72 Å². The number of nitrogens with one attached hydrogen (secondary N) is 1. The number of benzene rings is 1. The molecule has 2 aromatic rings. The fraction of sp³-hybridized carbons (Fsp3) is 0.250. The molecule has 1 aromatic carbocycles. The molecule has 0 saturated heterocycles. The van der Waals surface area contributed by atoms with Crippen molar-refractivity contribution in [1.29, 1.82) is 0 Å². The summed E-state index contributed by atoms with van der Waals surface area (Å²) < 4.78 is 4.61. The molecule has 0 bridgehead atoms. The fourth-order valence-corrected chi connectivity index (χ4v) is 1.79. The average molecular weight is 218 g/mol. The third-order valence-electron chi connectivity index (χ3n) is 2.63. The highest BCUT2D eigenvalue weighted by atomic mass is 16.5. The number of aromatic nitrogens is 1. The smallest absolute Gasteiger partial charge is 0.307 e. The Kier molecular flexibility index (Phi) is 2.92. The molecule has 0 saturated carbocycles.